The van der Waals surface area contributed by atoms with Crippen LogP contribution in [0.3, 0.4) is 0 Å². The summed E-state index contributed by atoms with van der Waals surface area (Å²) in [7, 11) is 0. The van der Waals surface area contributed by atoms with Crippen molar-refractivity contribution in [2.75, 3.05) is 0 Å². The fraction of sp³-hybridized carbons (Fsp3) is 0.647. The number of carbonyl (C=O) groups is 6. The molecular formula is C34H42O8. The van der Waals surface area contributed by atoms with Gasteiger partial charge in [-0.25, -0.2) is 0 Å². The number of rotatable bonds is 6. The van der Waals surface area contributed by atoms with Gasteiger partial charge in [-0.05, 0) is 47.6 Å². The normalized spacial score (nSPS) is 38.3. The highest BCUT2D eigenvalue weighted by Gasteiger charge is 2.80. The number of phenolic OH excluding ortho intramolecular Hbond substituents is 1. The van der Waals surface area contributed by atoms with Crippen LogP contribution in [-0.4, -0.2) is 50.5 Å². The van der Waals surface area contributed by atoms with Crippen molar-refractivity contribution in [1.29, 1.82) is 0 Å². The van der Waals surface area contributed by atoms with Crippen molar-refractivity contribution >= 4 is 34.7 Å². The zero-order chi connectivity index (χ0) is 31.1. The van der Waals surface area contributed by atoms with Gasteiger partial charge in [-0.1, -0.05) is 72.4 Å². The van der Waals surface area contributed by atoms with E-state index in [9.17, 15) is 39.0 Å². The Morgan fingerprint density at radius 3 is 2.19 bits per heavy atom. The monoisotopic (exact) mass is 578 g/mol. The molecule has 3 saturated carbocycles. The highest BCUT2D eigenvalue weighted by atomic mass is 16.3. The van der Waals surface area contributed by atoms with Crippen LogP contribution in [0.15, 0.2) is 18.2 Å². The van der Waals surface area contributed by atoms with Crippen LogP contribution >= 0.6 is 0 Å². The summed E-state index contributed by atoms with van der Waals surface area (Å²) in [6.07, 6.45) is 4.14. The Bertz CT molecular complexity index is 1400. The SMILES string of the molecule is CC(=O)C1C(=O)C(C(C)C)[C@@]2(C)[C@H](CC(=O)CC3CCCC3)[C@]3(C)C(C(=O)c4c(O)cccc4[C@H]3C)C(=O)[C@@]2(O)C1=O. The molecule has 2 N–H and O–H groups in total. The summed E-state index contributed by atoms with van der Waals surface area (Å²) < 4.78 is 0. The molecule has 0 bridgehead atoms. The molecule has 3 fully saturated rings. The molecule has 226 valence electrons. The predicted octanol–water partition coefficient (Wildman–Crippen LogP) is 4.42. The molecule has 0 heterocycles. The summed E-state index contributed by atoms with van der Waals surface area (Å²) in [5, 5.41) is 23.3. The number of phenols is 1. The Morgan fingerprint density at radius 1 is 1.00 bits per heavy atom. The molecule has 0 saturated heterocycles. The van der Waals surface area contributed by atoms with Gasteiger partial charge in [0.15, 0.2) is 28.7 Å². The largest absolute Gasteiger partial charge is 0.507 e. The van der Waals surface area contributed by atoms with Crippen molar-refractivity contribution in [3.05, 3.63) is 29.3 Å². The Hall–Kier alpha value is -3.00. The van der Waals surface area contributed by atoms with Gasteiger partial charge < -0.3 is 10.2 Å². The number of carbonyl (C=O) groups excluding carboxylic acids is 6. The van der Waals surface area contributed by atoms with Crippen LogP contribution in [0.4, 0.5) is 0 Å². The van der Waals surface area contributed by atoms with Gasteiger partial charge in [-0.2, -0.15) is 0 Å². The predicted molar refractivity (Wildman–Crippen MR) is 153 cm³/mol. The third-order valence-electron chi connectivity index (χ3n) is 11.8. The molecule has 3 unspecified atom stereocenters. The molecule has 4 aliphatic carbocycles. The lowest BCUT2D eigenvalue weighted by Crippen LogP contribution is -2.80. The van der Waals surface area contributed by atoms with E-state index in [4.69, 9.17) is 0 Å². The van der Waals surface area contributed by atoms with E-state index in [0.717, 1.165) is 32.6 Å². The average molecular weight is 579 g/mol. The molecule has 1 aromatic carbocycles. The van der Waals surface area contributed by atoms with E-state index in [-0.39, 0.29) is 29.4 Å². The van der Waals surface area contributed by atoms with Gasteiger partial charge >= 0.3 is 0 Å². The van der Waals surface area contributed by atoms with Crippen molar-refractivity contribution < 1.29 is 39.0 Å². The molecule has 8 heteroatoms. The first-order valence-electron chi connectivity index (χ1n) is 15.3. The number of Topliss-reactive ketones (excluding diaryl/α,β-unsaturated/α-hetero) is 6. The second kappa shape index (κ2) is 10.0. The van der Waals surface area contributed by atoms with E-state index in [1.54, 1.807) is 39.8 Å². The van der Waals surface area contributed by atoms with Gasteiger partial charge in [0.1, 0.15) is 23.2 Å². The van der Waals surface area contributed by atoms with Crippen molar-refractivity contribution in [3.63, 3.8) is 0 Å². The first-order chi connectivity index (χ1) is 19.6. The smallest absolute Gasteiger partial charge is 0.190 e. The van der Waals surface area contributed by atoms with E-state index in [1.807, 2.05) is 6.92 Å². The third-order valence-corrected chi connectivity index (χ3v) is 11.8. The standard InChI is InChI=1S/C34H42O8/c1-16(2)26-28(38)24(18(4)35)30(40)34(42)31(41)27-29(39)25-21(12-9-13-22(25)37)17(3)32(27,5)23(33(26,34)6)15-20(36)14-19-10-7-8-11-19/h9,12-13,16-17,19,23-24,26-27,37,42H,7-8,10-11,14-15H2,1-6H3/t17-,23-,24?,26?,27?,32-,33-,34+/m1/s1. The lowest BCUT2D eigenvalue weighted by Gasteiger charge is -2.67. The van der Waals surface area contributed by atoms with E-state index in [1.165, 1.54) is 6.07 Å². The second-order valence-corrected chi connectivity index (χ2v) is 14.2. The van der Waals surface area contributed by atoms with E-state index in [2.05, 4.69) is 0 Å². The zero-order valence-electron chi connectivity index (χ0n) is 25.4. The molecule has 1 aromatic rings. The number of fused-ring (bicyclic) bond motifs is 3. The van der Waals surface area contributed by atoms with Crippen molar-refractivity contribution in [3.8, 4) is 5.75 Å². The fourth-order valence-electron chi connectivity index (χ4n) is 9.80. The maximum Gasteiger partial charge on any atom is 0.190 e. The summed E-state index contributed by atoms with van der Waals surface area (Å²) in [6.45, 7) is 9.73. The van der Waals surface area contributed by atoms with Gasteiger partial charge in [0.05, 0.1) is 11.5 Å². The van der Waals surface area contributed by atoms with Crippen molar-refractivity contribution in [1.82, 2.24) is 0 Å². The highest BCUT2D eigenvalue weighted by Crippen LogP contribution is 2.70. The van der Waals surface area contributed by atoms with Crippen LogP contribution in [0, 0.1) is 46.3 Å². The lowest BCUT2D eigenvalue weighted by atomic mass is 9.34. The highest BCUT2D eigenvalue weighted by molar-refractivity contribution is 6.32. The Kier molecular flexibility index (Phi) is 7.28. The molecule has 0 aromatic heterocycles. The first-order valence-corrected chi connectivity index (χ1v) is 15.3. The summed E-state index contributed by atoms with van der Waals surface area (Å²) in [5.41, 5.74) is -5.42. The zero-order valence-corrected chi connectivity index (χ0v) is 25.4. The van der Waals surface area contributed by atoms with Gasteiger partial charge in [0, 0.05) is 24.2 Å². The minimum atomic E-state index is -2.86. The molecule has 4 aliphatic rings. The quantitative estimate of drug-likeness (QED) is 0.473. The van der Waals surface area contributed by atoms with Gasteiger partial charge in [-0.3, -0.25) is 28.8 Å². The Morgan fingerprint density at radius 2 is 1.62 bits per heavy atom. The molecular weight excluding hydrogens is 536 g/mol. The molecule has 0 spiro atoms. The van der Waals surface area contributed by atoms with Crippen LogP contribution in [-0.2, 0) is 24.0 Å². The topological polar surface area (TPSA) is 143 Å². The summed E-state index contributed by atoms with van der Waals surface area (Å²) in [5.74, 6) is -11.1. The van der Waals surface area contributed by atoms with Crippen LogP contribution in [0.25, 0.3) is 0 Å². The lowest BCUT2D eigenvalue weighted by molar-refractivity contribution is -0.225. The maximum atomic E-state index is 14.7. The van der Waals surface area contributed by atoms with Crippen LogP contribution in [0.5, 0.6) is 5.75 Å². The fourth-order valence-corrected chi connectivity index (χ4v) is 9.80. The first kappa shape index (κ1) is 30.5. The minimum Gasteiger partial charge on any atom is -0.507 e. The number of aromatic hydroxyl groups is 1. The Balaban J connectivity index is 1.80. The number of aliphatic hydroxyl groups is 1. The molecule has 8 atom stereocenters. The molecule has 42 heavy (non-hydrogen) atoms. The van der Waals surface area contributed by atoms with Crippen LogP contribution in [0.2, 0.25) is 0 Å². The van der Waals surface area contributed by atoms with Gasteiger partial charge in [0.2, 0.25) is 0 Å². The van der Waals surface area contributed by atoms with Crippen molar-refractivity contribution in [2.24, 2.45) is 46.3 Å². The maximum absolute atomic E-state index is 14.7. The molecule has 0 radical (unpaired) electrons. The molecule has 0 aliphatic heterocycles. The molecule has 8 nitrogen and oxygen atoms in total. The molecule has 0 amide bonds. The number of hydrogen-bond donors (Lipinski definition) is 2. The van der Waals surface area contributed by atoms with E-state index >= 15 is 0 Å². The van der Waals surface area contributed by atoms with E-state index < -0.39 is 80.9 Å². The Labute approximate surface area is 246 Å². The summed E-state index contributed by atoms with van der Waals surface area (Å²) in [6, 6.07) is 4.69. The van der Waals surface area contributed by atoms with E-state index in [0.29, 0.717) is 12.0 Å². The van der Waals surface area contributed by atoms with Crippen LogP contribution < -0.4 is 0 Å². The number of ketones is 6. The third kappa shape index (κ3) is 3.76. The summed E-state index contributed by atoms with van der Waals surface area (Å²) in [4.78, 5) is 83.7. The number of benzene rings is 1. The van der Waals surface area contributed by atoms with Crippen molar-refractivity contribution in [2.45, 2.75) is 91.6 Å². The average Bonchev–Trinajstić information content (AvgIpc) is 3.40. The minimum absolute atomic E-state index is 0.0353. The van der Waals surface area contributed by atoms with Gasteiger partial charge in [-0.15, -0.1) is 0 Å². The molecule has 5 rings (SSSR count). The van der Waals surface area contributed by atoms with Crippen LogP contribution in [0.1, 0.15) is 102 Å². The number of hydrogen-bond acceptors (Lipinski definition) is 8. The van der Waals surface area contributed by atoms with Gasteiger partial charge in [0.25, 0.3) is 0 Å². The summed E-state index contributed by atoms with van der Waals surface area (Å²) >= 11 is 0. The second-order valence-electron chi connectivity index (χ2n) is 14.2.